The molecule has 2 heteroatoms. The van der Waals surface area contributed by atoms with Crippen LogP contribution in [0.3, 0.4) is 0 Å². The van der Waals surface area contributed by atoms with Crippen molar-refractivity contribution in [3.63, 3.8) is 0 Å². The monoisotopic (exact) mass is 1190 g/mol. The molecule has 14 aromatic rings. The molecule has 90 heavy (non-hydrogen) atoms. The van der Waals surface area contributed by atoms with E-state index in [0.29, 0.717) is 0 Å². The van der Waals surface area contributed by atoms with Crippen LogP contribution in [0.25, 0.3) is 118 Å². The van der Waals surface area contributed by atoms with E-state index in [9.17, 15) is 0 Å². The van der Waals surface area contributed by atoms with Gasteiger partial charge < -0.3 is 0 Å². The van der Waals surface area contributed by atoms with Crippen LogP contribution in [0.1, 0.15) is 111 Å². The number of rotatable bonds is 5. The van der Waals surface area contributed by atoms with Crippen LogP contribution in [-0.4, -0.2) is 0 Å². The molecule has 4 aliphatic carbocycles. The van der Waals surface area contributed by atoms with Gasteiger partial charge in [0.15, 0.2) is 0 Å². The first-order valence-corrected chi connectivity index (χ1v) is 33.6. The Bertz CT molecular complexity index is 5560. The minimum Gasteiger partial charge on any atom is -0.134 e. The lowest BCUT2D eigenvalue weighted by atomic mass is 9.87. The lowest BCUT2D eigenvalue weighted by Crippen LogP contribution is -2.08. The standard InChI is InChI=1S/C88H66S2/c1-43-33-47(5)73(48(6)34-43)77-57-17-13-15-19-59(57)81-67(77)29-25-63-65-27-31-69-79(75-51(9)37-45(3)38-52(75)10)61-23-21-55(41-71(61)83(69)87(65)89-85(63)81)56-22-24-62-72(42-56)84-70(80(62)76-53(11)39-46(4)40-54(76)12)32-28-66-64-26-30-68-78(74-49(7)35-44(2)36-50(74)8)58-18-14-16-20-60(58)82(68)86(64)90-88(66)84/h13-42H,1-12H3. The van der Waals surface area contributed by atoms with Crippen molar-refractivity contribution in [1.82, 2.24) is 0 Å². The lowest BCUT2D eigenvalue weighted by Gasteiger charge is -2.16. The van der Waals surface area contributed by atoms with Crippen LogP contribution >= 0.6 is 22.7 Å². The molecule has 0 aliphatic heterocycles. The fourth-order valence-corrected chi connectivity index (χ4v) is 20.6. The summed E-state index contributed by atoms with van der Waals surface area (Å²) >= 11 is 4.01. The van der Waals surface area contributed by atoms with Gasteiger partial charge in [-0.05, 0) is 261 Å². The van der Waals surface area contributed by atoms with Gasteiger partial charge in [-0.1, -0.05) is 192 Å². The summed E-state index contributed by atoms with van der Waals surface area (Å²) in [7, 11) is 0. The number of fused-ring (bicyclic) bond motifs is 22. The van der Waals surface area contributed by atoms with Crippen molar-refractivity contribution < 1.29 is 0 Å². The second kappa shape index (κ2) is 19.0. The van der Waals surface area contributed by atoms with E-state index in [1.807, 2.05) is 22.7 Å². The molecule has 0 radical (unpaired) electrons. The Morgan fingerprint density at radius 3 is 0.700 bits per heavy atom. The van der Waals surface area contributed by atoms with Crippen LogP contribution in [0.2, 0.25) is 0 Å². The van der Waals surface area contributed by atoms with E-state index in [-0.39, 0.29) is 0 Å². The third kappa shape index (κ3) is 7.29. The molecular weight excluding hydrogens is 1120 g/mol. The average molecular weight is 1190 g/mol. The molecule has 2 aromatic heterocycles. The van der Waals surface area contributed by atoms with Gasteiger partial charge in [-0.3, -0.25) is 0 Å². The summed E-state index contributed by atoms with van der Waals surface area (Å²) in [4.78, 5) is 0. The fraction of sp³-hybridized carbons (Fsp3) is 0.136. The maximum atomic E-state index is 2.56. The quantitative estimate of drug-likeness (QED) is 0.161. The van der Waals surface area contributed by atoms with Gasteiger partial charge in [0, 0.05) is 62.6 Å². The van der Waals surface area contributed by atoms with Gasteiger partial charge in [0.05, 0.1) is 0 Å². The molecule has 18 rings (SSSR count). The van der Waals surface area contributed by atoms with E-state index in [2.05, 4.69) is 265 Å². The van der Waals surface area contributed by atoms with Crippen LogP contribution in [0.15, 0.2) is 182 Å². The van der Waals surface area contributed by atoms with E-state index < -0.39 is 0 Å². The van der Waals surface area contributed by atoms with E-state index in [1.165, 1.54) is 250 Å². The van der Waals surface area contributed by atoms with E-state index in [4.69, 9.17) is 0 Å². The molecule has 0 saturated heterocycles. The van der Waals surface area contributed by atoms with E-state index in [1.54, 1.807) is 0 Å². The normalized spacial score (nSPS) is 13.2. The van der Waals surface area contributed by atoms with Gasteiger partial charge in [-0.2, -0.15) is 0 Å². The zero-order valence-corrected chi connectivity index (χ0v) is 54.8. The number of hydrogen-bond acceptors (Lipinski definition) is 2. The Labute approximate surface area is 534 Å². The zero-order chi connectivity index (χ0) is 61.2. The first-order chi connectivity index (χ1) is 43.6. The van der Waals surface area contributed by atoms with Crippen LogP contribution < -0.4 is 20.9 Å². The summed E-state index contributed by atoms with van der Waals surface area (Å²) < 4.78 is 5.47. The summed E-state index contributed by atoms with van der Waals surface area (Å²) in [6, 6.07) is 71.7. The Hall–Kier alpha value is -9.44. The molecule has 0 amide bonds. The van der Waals surface area contributed by atoms with Gasteiger partial charge in [0.1, 0.15) is 0 Å². The van der Waals surface area contributed by atoms with Crippen LogP contribution in [-0.2, 0) is 0 Å². The molecule has 0 N–H and O–H groups in total. The van der Waals surface area contributed by atoms with Gasteiger partial charge >= 0.3 is 0 Å². The minimum absolute atomic E-state index is 1.23. The SMILES string of the molecule is Cc1cc(C)c(C2=c3ccc4c(sc5c6c(ccc54)=C(c4c(C)cc(C)cc4C)c4ccc(-c5ccc7c(c5)-c5c(ccc8c5sc5c9c(ccc58)=C(c5c(C)cc(C)cc5C)c5ccccc5-9)=C7c5c(C)cc(C)cc5C)cc4-6)c3-c3ccccc32)c(C)c1. The van der Waals surface area contributed by atoms with Gasteiger partial charge in [-0.15, -0.1) is 22.7 Å². The predicted molar refractivity (Wildman–Crippen MR) is 387 cm³/mol. The first kappa shape index (κ1) is 53.6. The molecule has 0 nitrogen and oxygen atoms in total. The molecule has 2 heterocycles. The number of benzene rings is 12. The van der Waals surface area contributed by atoms with E-state index >= 15 is 0 Å². The Balaban J connectivity index is 0.877. The van der Waals surface area contributed by atoms with Gasteiger partial charge in [0.2, 0.25) is 0 Å². The Morgan fingerprint density at radius 1 is 0.200 bits per heavy atom. The van der Waals surface area contributed by atoms with Crippen molar-refractivity contribution in [1.29, 1.82) is 0 Å². The molecule has 4 aliphatic rings. The number of hydrogen-bond donors (Lipinski definition) is 0. The molecule has 12 aromatic carbocycles. The molecule has 430 valence electrons. The Morgan fingerprint density at radius 2 is 0.433 bits per heavy atom. The van der Waals surface area contributed by atoms with Crippen LogP contribution in [0.4, 0.5) is 0 Å². The summed E-state index contributed by atoms with van der Waals surface area (Å²) in [6.45, 7) is 27.3. The lowest BCUT2D eigenvalue weighted by molar-refractivity contribution is 1.28. The fourth-order valence-electron chi connectivity index (χ4n) is 17.8. The summed E-state index contributed by atoms with van der Waals surface area (Å²) in [5.74, 6) is 0. The van der Waals surface area contributed by atoms with Gasteiger partial charge in [-0.25, -0.2) is 0 Å². The highest BCUT2D eigenvalue weighted by Crippen LogP contribution is 2.53. The maximum Gasteiger partial charge on any atom is 0.0440 e. The summed E-state index contributed by atoms with van der Waals surface area (Å²) in [5, 5.41) is 10.7. The average Bonchev–Trinajstić information content (AvgIpc) is 1.56. The number of thiophene rings is 2. The third-order valence-corrected chi connectivity index (χ3v) is 23.3. The second-order valence-electron chi connectivity index (χ2n) is 26.9. The Kier molecular flexibility index (Phi) is 11.3. The summed E-state index contributed by atoms with van der Waals surface area (Å²) in [6.07, 6.45) is 0. The molecule has 0 bridgehead atoms. The molecule has 0 saturated carbocycles. The highest BCUT2D eigenvalue weighted by molar-refractivity contribution is 7.27. The highest BCUT2D eigenvalue weighted by atomic mass is 32.1. The van der Waals surface area contributed by atoms with Crippen molar-refractivity contribution in [2.24, 2.45) is 0 Å². The predicted octanol–water partition coefficient (Wildman–Crippen LogP) is 20.7. The summed E-state index contributed by atoms with van der Waals surface area (Å²) in [5.41, 5.74) is 45.2. The molecule has 0 fully saturated rings. The smallest absolute Gasteiger partial charge is 0.0440 e. The molecular formula is C88H66S2. The van der Waals surface area contributed by atoms with Crippen molar-refractivity contribution in [3.8, 4) is 55.6 Å². The zero-order valence-electron chi connectivity index (χ0n) is 53.1. The second-order valence-corrected chi connectivity index (χ2v) is 28.9. The van der Waals surface area contributed by atoms with Crippen molar-refractivity contribution in [2.45, 2.75) is 83.1 Å². The topological polar surface area (TPSA) is 0 Å². The largest absolute Gasteiger partial charge is 0.134 e. The number of aryl methyl sites for hydroxylation is 12. The third-order valence-electron chi connectivity index (χ3n) is 20.8. The van der Waals surface area contributed by atoms with Crippen molar-refractivity contribution >= 4 is 85.3 Å². The van der Waals surface area contributed by atoms with E-state index in [0.717, 1.165) is 0 Å². The van der Waals surface area contributed by atoms with Crippen LogP contribution in [0, 0.1) is 83.1 Å². The van der Waals surface area contributed by atoms with Crippen LogP contribution in [0.5, 0.6) is 0 Å². The molecule has 0 atom stereocenters. The van der Waals surface area contributed by atoms with Gasteiger partial charge in [0.25, 0.3) is 0 Å². The van der Waals surface area contributed by atoms with Crippen molar-refractivity contribution in [2.75, 3.05) is 0 Å². The molecule has 0 spiro atoms. The maximum absolute atomic E-state index is 2.56. The molecule has 0 unspecified atom stereocenters. The van der Waals surface area contributed by atoms with Crippen molar-refractivity contribution in [3.05, 3.63) is 314 Å². The first-order valence-electron chi connectivity index (χ1n) is 32.0. The minimum atomic E-state index is 1.23. The highest BCUT2D eigenvalue weighted by Gasteiger charge is 2.33.